The zero-order valence-corrected chi connectivity index (χ0v) is 10.7. The fourth-order valence-corrected chi connectivity index (χ4v) is 2.79. The SMILES string of the molecule is Cc1cccc([C@@H]2CCCCN2)c1I. The summed E-state index contributed by atoms with van der Waals surface area (Å²) in [7, 11) is 0. The summed E-state index contributed by atoms with van der Waals surface area (Å²) in [5.41, 5.74) is 2.89. The maximum absolute atomic E-state index is 3.60. The lowest BCUT2D eigenvalue weighted by molar-refractivity contribution is 0.411. The highest BCUT2D eigenvalue weighted by Gasteiger charge is 2.17. The molecule has 0 aromatic heterocycles. The van der Waals surface area contributed by atoms with Crippen molar-refractivity contribution in [1.29, 1.82) is 0 Å². The van der Waals surface area contributed by atoms with Gasteiger partial charge in [-0.3, -0.25) is 0 Å². The molecule has 2 rings (SSSR count). The van der Waals surface area contributed by atoms with Crippen LogP contribution in [0.5, 0.6) is 0 Å². The Hall–Kier alpha value is -0.0900. The molecule has 1 fully saturated rings. The molecule has 76 valence electrons. The number of hydrogen-bond donors (Lipinski definition) is 1. The lowest BCUT2D eigenvalue weighted by atomic mass is 9.96. The van der Waals surface area contributed by atoms with Crippen LogP contribution in [0.25, 0.3) is 0 Å². The van der Waals surface area contributed by atoms with E-state index in [1.165, 1.54) is 40.5 Å². The summed E-state index contributed by atoms with van der Waals surface area (Å²) < 4.78 is 1.43. The first-order valence-electron chi connectivity index (χ1n) is 5.27. The van der Waals surface area contributed by atoms with Crippen molar-refractivity contribution in [3.63, 3.8) is 0 Å². The first kappa shape index (κ1) is 10.4. The van der Waals surface area contributed by atoms with E-state index in [4.69, 9.17) is 0 Å². The normalized spacial score (nSPS) is 22.3. The number of hydrogen-bond acceptors (Lipinski definition) is 1. The van der Waals surface area contributed by atoms with E-state index in [1.54, 1.807) is 0 Å². The highest BCUT2D eigenvalue weighted by Crippen LogP contribution is 2.28. The van der Waals surface area contributed by atoms with Crippen LogP contribution in [0.2, 0.25) is 0 Å². The fraction of sp³-hybridized carbons (Fsp3) is 0.500. The van der Waals surface area contributed by atoms with Crippen molar-refractivity contribution in [3.8, 4) is 0 Å². The van der Waals surface area contributed by atoms with E-state index in [0.717, 1.165) is 0 Å². The molecule has 1 aromatic rings. The van der Waals surface area contributed by atoms with E-state index in [1.807, 2.05) is 0 Å². The third-order valence-corrected chi connectivity index (χ3v) is 4.38. The predicted molar refractivity (Wildman–Crippen MR) is 68.5 cm³/mol. The molecule has 14 heavy (non-hydrogen) atoms. The molecule has 1 aliphatic heterocycles. The molecule has 0 radical (unpaired) electrons. The Balaban J connectivity index is 2.26. The summed E-state index contributed by atoms with van der Waals surface area (Å²) in [6.07, 6.45) is 3.99. The third-order valence-electron chi connectivity index (χ3n) is 2.91. The van der Waals surface area contributed by atoms with Crippen LogP contribution in [-0.2, 0) is 0 Å². The summed E-state index contributed by atoms with van der Waals surface area (Å²) in [6, 6.07) is 7.21. The van der Waals surface area contributed by atoms with Gasteiger partial charge in [-0.1, -0.05) is 24.6 Å². The smallest absolute Gasteiger partial charge is 0.0330 e. The largest absolute Gasteiger partial charge is 0.310 e. The number of halogens is 1. The van der Waals surface area contributed by atoms with Crippen molar-refractivity contribution in [2.24, 2.45) is 0 Å². The van der Waals surface area contributed by atoms with E-state index < -0.39 is 0 Å². The highest BCUT2D eigenvalue weighted by atomic mass is 127. The van der Waals surface area contributed by atoms with Crippen LogP contribution in [-0.4, -0.2) is 6.54 Å². The van der Waals surface area contributed by atoms with Crippen molar-refractivity contribution in [2.75, 3.05) is 6.54 Å². The zero-order valence-electron chi connectivity index (χ0n) is 8.52. The van der Waals surface area contributed by atoms with Gasteiger partial charge in [0.05, 0.1) is 0 Å². The van der Waals surface area contributed by atoms with Gasteiger partial charge in [-0.05, 0) is 60.0 Å². The van der Waals surface area contributed by atoms with Crippen LogP contribution in [0.15, 0.2) is 18.2 Å². The van der Waals surface area contributed by atoms with E-state index >= 15 is 0 Å². The lowest BCUT2D eigenvalue weighted by Crippen LogP contribution is -2.27. The summed E-state index contributed by atoms with van der Waals surface area (Å²) >= 11 is 2.47. The van der Waals surface area contributed by atoms with Gasteiger partial charge in [0.25, 0.3) is 0 Å². The number of piperidine rings is 1. The predicted octanol–water partition coefficient (Wildman–Crippen LogP) is 3.41. The molecule has 2 heteroatoms. The third kappa shape index (κ3) is 2.11. The van der Waals surface area contributed by atoms with Crippen molar-refractivity contribution >= 4 is 22.6 Å². The number of nitrogens with one attached hydrogen (secondary N) is 1. The van der Waals surface area contributed by atoms with Gasteiger partial charge >= 0.3 is 0 Å². The second-order valence-electron chi connectivity index (χ2n) is 3.98. The first-order valence-corrected chi connectivity index (χ1v) is 6.35. The van der Waals surface area contributed by atoms with Crippen LogP contribution in [0.3, 0.4) is 0 Å². The first-order chi connectivity index (χ1) is 6.79. The summed E-state index contributed by atoms with van der Waals surface area (Å²) in [4.78, 5) is 0. The Labute approximate surface area is 99.4 Å². The topological polar surface area (TPSA) is 12.0 Å². The van der Waals surface area contributed by atoms with E-state index in [2.05, 4.69) is 53.0 Å². The Morgan fingerprint density at radius 1 is 1.36 bits per heavy atom. The second kappa shape index (κ2) is 4.62. The van der Waals surface area contributed by atoms with Crippen molar-refractivity contribution < 1.29 is 0 Å². The Bertz CT molecular complexity index is 316. The molecule has 0 unspecified atom stereocenters. The number of aryl methyl sites for hydroxylation is 1. The standard InChI is InChI=1S/C12H16IN/c1-9-5-4-6-10(12(9)13)11-7-2-3-8-14-11/h4-6,11,14H,2-3,7-8H2,1H3/t11-/m0/s1. The van der Waals surface area contributed by atoms with Crippen LogP contribution in [0, 0.1) is 10.5 Å². The molecule has 0 spiro atoms. The molecule has 1 aromatic carbocycles. The van der Waals surface area contributed by atoms with Crippen LogP contribution < -0.4 is 5.32 Å². The minimum atomic E-state index is 0.593. The van der Waals surface area contributed by atoms with Gasteiger partial charge in [-0.25, -0.2) is 0 Å². The van der Waals surface area contributed by atoms with E-state index in [0.29, 0.717) is 6.04 Å². The van der Waals surface area contributed by atoms with Gasteiger partial charge in [0.2, 0.25) is 0 Å². The molecule has 1 aliphatic rings. The zero-order chi connectivity index (χ0) is 9.97. The fourth-order valence-electron chi connectivity index (χ4n) is 2.06. The van der Waals surface area contributed by atoms with Crippen molar-refractivity contribution in [3.05, 3.63) is 32.9 Å². The molecule has 0 bridgehead atoms. The lowest BCUT2D eigenvalue weighted by Gasteiger charge is -2.25. The van der Waals surface area contributed by atoms with Crippen LogP contribution >= 0.6 is 22.6 Å². The summed E-state index contributed by atoms with van der Waals surface area (Å²) in [6.45, 7) is 3.36. The molecule has 1 heterocycles. The maximum atomic E-state index is 3.60. The molecule has 0 amide bonds. The van der Waals surface area contributed by atoms with Gasteiger partial charge < -0.3 is 5.32 Å². The molecule has 1 nitrogen and oxygen atoms in total. The monoisotopic (exact) mass is 301 g/mol. The summed E-state index contributed by atoms with van der Waals surface area (Å²) in [5.74, 6) is 0. The van der Waals surface area contributed by atoms with Crippen molar-refractivity contribution in [2.45, 2.75) is 32.2 Å². The average Bonchev–Trinajstić information content (AvgIpc) is 2.23. The average molecular weight is 301 g/mol. The van der Waals surface area contributed by atoms with Gasteiger partial charge in [0, 0.05) is 9.61 Å². The maximum Gasteiger partial charge on any atom is 0.0330 e. The quantitative estimate of drug-likeness (QED) is 0.784. The van der Waals surface area contributed by atoms with Crippen molar-refractivity contribution in [1.82, 2.24) is 5.32 Å². The highest BCUT2D eigenvalue weighted by molar-refractivity contribution is 14.1. The van der Waals surface area contributed by atoms with Crippen LogP contribution in [0.1, 0.15) is 36.4 Å². The van der Waals surface area contributed by atoms with E-state index in [-0.39, 0.29) is 0 Å². The Kier molecular flexibility index (Phi) is 3.44. The number of benzene rings is 1. The Morgan fingerprint density at radius 3 is 2.93 bits per heavy atom. The van der Waals surface area contributed by atoms with Crippen LogP contribution in [0.4, 0.5) is 0 Å². The van der Waals surface area contributed by atoms with Gasteiger partial charge in [0.15, 0.2) is 0 Å². The molecule has 1 atom stereocenters. The molecular formula is C12H16IN. The number of rotatable bonds is 1. The second-order valence-corrected chi connectivity index (χ2v) is 5.06. The minimum absolute atomic E-state index is 0.593. The summed E-state index contributed by atoms with van der Waals surface area (Å²) in [5, 5.41) is 3.60. The molecule has 0 aliphatic carbocycles. The molecular weight excluding hydrogens is 285 g/mol. The minimum Gasteiger partial charge on any atom is -0.310 e. The molecule has 1 saturated heterocycles. The van der Waals surface area contributed by atoms with E-state index in [9.17, 15) is 0 Å². The Morgan fingerprint density at radius 2 is 2.21 bits per heavy atom. The molecule has 0 saturated carbocycles. The van der Waals surface area contributed by atoms with Gasteiger partial charge in [0.1, 0.15) is 0 Å². The van der Waals surface area contributed by atoms with Gasteiger partial charge in [-0.15, -0.1) is 0 Å². The van der Waals surface area contributed by atoms with Gasteiger partial charge in [-0.2, -0.15) is 0 Å². The molecule has 1 N–H and O–H groups in total.